The van der Waals surface area contributed by atoms with E-state index in [0.29, 0.717) is 0 Å². The molecule has 0 aromatic rings. The van der Waals surface area contributed by atoms with Crippen LogP contribution in [0.5, 0.6) is 0 Å². The van der Waals surface area contributed by atoms with Crippen LogP contribution in [-0.2, 0) is 0 Å². The molecule has 0 saturated heterocycles. The van der Waals surface area contributed by atoms with Gasteiger partial charge in [0, 0.05) is 0 Å². The second-order valence-corrected chi connectivity index (χ2v) is 51.2. The molecule has 6 heteroatoms. The number of hydrogen-bond acceptors (Lipinski definition) is 0. The normalized spacial score (nSPS) is 15.6. The summed E-state index contributed by atoms with van der Waals surface area (Å²) in [7, 11) is 41.4. The quantitative estimate of drug-likeness (QED) is 0.0533. The molecule has 0 saturated carbocycles. The van der Waals surface area contributed by atoms with Gasteiger partial charge in [0.1, 0.15) is 0 Å². The Hall–Kier alpha value is -0.240. The van der Waals surface area contributed by atoms with Gasteiger partial charge in [0.2, 0.25) is 0 Å². The number of quaternary nitrogens is 6. The highest BCUT2D eigenvalue weighted by Gasteiger charge is 2.20. The molecule has 12 unspecified atom stereocenters. The van der Waals surface area contributed by atoms with E-state index >= 15 is 0 Å². The number of rotatable bonds is 72. The smallest absolute Gasteiger partial charge is 0.0783 e. The molecule has 0 aliphatic heterocycles. The van der Waals surface area contributed by atoms with Gasteiger partial charge in [0.15, 0.2) is 0 Å². The summed E-state index contributed by atoms with van der Waals surface area (Å²) < 4.78 is 6.67. The molecule has 6 nitrogen and oxygen atoms in total. The van der Waals surface area contributed by atoms with Crippen LogP contribution in [0.4, 0.5) is 0 Å². The molecule has 0 bridgehead atoms. The molecule has 0 aliphatic rings. The lowest BCUT2D eigenvalue weighted by atomic mass is 9.89. The Morgan fingerprint density at radius 1 is 0.125 bits per heavy atom. The van der Waals surface area contributed by atoms with E-state index in [9.17, 15) is 0 Å². The third-order valence-electron chi connectivity index (χ3n) is 26.9. The third kappa shape index (κ3) is 118. The molecule has 0 spiro atoms. The highest BCUT2D eigenvalue weighted by Crippen LogP contribution is 2.29. The summed E-state index contributed by atoms with van der Waals surface area (Å²) in [5.41, 5.74) is 0. The third-order valence-corrected chi connectivity index (χ3v) is 26.9. The topological polar surface area (TPSA) is 0 Å². The summed E-state index contributed by atoms with van der Waals surface area (Å²) in [6, 6.07) is 0. The van der Waals surface area contributed by atoms with Gasteiger partial charge in [-0.2, -0.15) is 0 Å². The van der Waals surface area contributed by atoms with Crippen molar-refractivity contribution in [3.8, 4) is 0 Å². The highest BCUT2D eigenvalue weighted by molar-refractivity contribution is 4.68. The van der Waals surface area contributed by atoms with Crippen LogP contribution in [0, 0.1) is 107 Å². The standard InChI is InChI=1S/2C24H52N.2C19H42N.2C14H32N/c1-21(2)13-9-14-22(3)15-10-16-23(4)17-11-18-24(5)19-12-20-25(6,7)8;1-9-24(19-20-25(6,7)8)18-12-17-23(5)16-11-15-22(4)14-10-13-21(2)3;1-17(2)11-8-12-18(3)13-9-14-19(4)15-10-16-20(5,6)7;1-8-19(15-16-20(5,6)7)14-10-13-18(4)12-9-11-17(2)3;1-13(2)9-7-10-14(3)11-8-12-15(4,5)6;1-7-14(10-8-9-13(2)3)11-12-15(4,5)6/h2*21-24H,9-20H2,1-8H3;2*17-19H,8-16H2,1-7H3;2*13-14H,7-12H2,1-6H3/q6*+1. The Morgan fingerprint density at radius 3 is 0.350 bits per heavy atom. The van der Waals surface area contributed by atoms with Crippen molar-refractivity contribution in [1.29, 1.82) is 0 Å². The first-order valence-corrected chi connectivity index (χ1v) is 54.2. The molecule has 120 heavy (non-hydrogen) atoms. The van der Waals surface area contributed by atoms with E-state index in [2.05, 4.69) is 293 Å². The Kier molecular flexibility index (Phi) is 86.7. The second kappa shape index (κ2) is 79.7. The summed E-state index contributed by atoms with van der Waals surface area (Å²) >= 11 is 0. The van der Waals surface area contributed by atoms with Crippen LogP contribution >= 0.6 is 0 Å². The van der Waals surface area contributed by atoms with E-state index in [1.807, 2.05) is 0 Å². The van der Waals surface area contributed by atoms with E-state index < -0.39 is 0 Å². The van der Waals surface area contributed by atoms with Crippen molar-refractivity contribution in [2.45, 2.75) is 474 Å². The maximum Gasteiger partial charge on any atom is 0.0783 e. The van der Waals surface area contributed by atoms with Gasteiger partial charge >= 0.3 is 0 Å². The van der Waals surface area contributed by atoms with Crippen molar-refractivity contribution in [3.63, 3.8) is 0 Å². The van der Waals surface area contributed by atoms with E-state index in [1.54, 1.807) is 0 Å². The average molecular weight is 1710 g/mol. The van der Waals surface area contributed by atoms with Gasteiger partial charge in [-0.3, -0.25) is 0 Å². The zero-order chi connectivity index (χ0) is 93.6. The minimum atomic E-state index is 0.876. The van der Waals surface area contributed by atoms with Crippen LogP contribution in [0.1, 0.15) is 474 Å². The molecule has 0 N–H and O–H groups in total. The first-order chi connectivity index (χ1) is 55.3. The number of nitrogens with zero attached hydrogens (tertiary/aromatic N) is 6. The lowest BCUT2D eigenvalue weighted by Gasteiger charge is -2.26. The molecular formula is C114H252N6+6. The zero-order valence-corrected chi connectivity index (χ0v) is 93.3. The van der Waals surface area contributed by atoms with Gasteiger partial charge < -0.3 is 26.9 Å². The Labute approximate surface area is 769 Å². The Balaban J connectivity index is -0.000000328. The zero-order valence-electron chi connectivity index (χ0n) is 93.3. The fraction of sp³-hybridized carbons (Fsp3) is 1.00. The van der Waals surface area contributed by atoms with Crippen molar-refractivity contribution in [2.75, 3.05) is 166 Å². The molecule has 0 aromatic heterocycles. The van der Waals surface area contributed by atoms with Crippen molar-refractivity contribution in [1.82, 2.24) is 0 Å². The predicted molar refractivity (Wildman–Crippen MR) is 558 cm³/mol. The lowest BCUT2D eigenvalue weighted by molar-refractivity contribution is -0.871. The minimum absolute atomic E-state index is 0.876. The molecule has 0 radical (unpaired) electrons. The summed E-state index contributed by atoms with van der Waals surface area (Å²) in [5, 5.41) is 0. The van der Waals surface area contributed by atoms with Crippen LogP contribution in [-0.4, -0.2) is 193 Å². The fourth-order valence-electron chi connectivity index (χ4n) is 17.4. The highest BCUT2D eigenvalue weighted by atomic mass is 15.3. The Bertz CT molecular complexity index is 2030. The molecule has 0 amide bonds. The van der Waals surface area contributed by atoms with Crippen molar-refractivity contribution >= 4 is 0 Å². The summed E-state index contributed by atoms with van der Waals surface area (Å²) in [5.74, 6) is 16.5. The van der Waals surface area contributed by atoms with Crippen LogP contribution < -0.4 is 0 Å². The van der Waals surface area contributed by atoms with Gasteiger partial charge in [0.25, 0.3) is 0 Å². The number of hydrogen-bond donors (Lipinski definition) is 0. The van der Waals surface area contributed by atoms with Crippen LogP contribution in [0.25, 0.3) is 0 Å². The van der Waals surface area contributed by atoms with Gasteiger partial charge in [0.05, 0.1) is 166 Å². The molecule has 0 aromatic carbocycles. The molecule has 0 aliphatic carbocycles. The average Bonchev–Trinajstić information content (AvgIpc) is 0.973. The molecule has 0 rings (SSSR count). The van der Waals surface area contributed by atoms with Gasteiger partial charge in [-0.25, -0.2) is 0 Å². The summed E-state index contributed by atoms with van der Waals surface area (Å²) in [6.07, 6.45) is 68.3. The lowest BCUT2D eigenvalue weighted by Crippen LogP contribution is -2.36. The minimum Gasteiger partial charge on any atom is -0.331 e. The van der Waals surface area contributed by atoms with E-state index in [4.69, 9.17) is 0 Å². The summed E-state index contributed by atoms with van der Waals surface area (Å²) in [6.45, 7) is 65.1. The van der Waals surface area contributed by atoms with Gasteiger partial charge in [-0.15, -0.1) is 0 Å². The first kappa shape index (κ1) is 131. The van der Waals surface area contributed by atoms with Crippen molar-refractivity contribution in [2.24, 2.45) is 107 Å². The maximum absolute atomic E-state index is 2.48. The monoisotopic (exact) mass is 1710 g/mol. The van der Waals surface area contributed by atoms with E-state index in [0.717, 1.165) is 133 Å². The summed E-state index contributed by atoms with van der Waals surface area (Å²) in [4.78, 5) is 0. The van der Waals surface area contributed by atoms with Crippen LogP contribution in [0.15, 0.2) is 0 Å². The molecule has 732 valence electrons. The van der Waals surface area contributed by atoms with Crippen molar-refractivity contribution in [3.05, 3.63) is 0 Å². The SMILES string of the molecule is CC(C)CCCC(C)CCCC(C)CCCC(C)CCC[N+](C)(C)C.CC(C)CCCC(C)CCCC(C)CCC[N+](C)(C)C.CC(C)CCCC(C)CCC[N+](C)(C)C.CCC(CCCC(C)C)CC[N+](C)(C)C.CCC(CCCC(C)CCCC(C)C)CC[N+](C)(C)C.CCC(CCCC(C)CCCC(C)CCCC(C)C)CC[N+](C)(C)C. The van der Waals surface area contributed by atoms with Gasteiger partial charge in [-0.05, 0) is 164 Å². The van der Waals surface area contributed by atoms with E-state index in [-0.39, 0.29) is 0 Å². The Morgan fingerprint density at radius 2 is 0.233 bits per heavy atom. The van der Waals surface area contributed by atoms with Gasteiger partial charge in [-0.1, -0.05) is 417 Å². The second-order valence-electron chi connectivity index (χ2n) is 51.2. The molecule has 12 atom stereocenters. The van der Waals surface area contributed by atoms with Crippen LogP contribution in [0.3, 0.4) is 0 Å². The van der Waals surface area contributed by atoms with E-state index in [1.165, 1.54) is 347 Å². The molecule has 0 fully saturated rings. The van der Waals surface area contributed by atoms with Crippen molar-refractivity contribution < 1.29 is 26.9 Å². The molecule has 0 heterocycles. The predicted octanol–water partition coefficient (Wildman–Crippen LogP) is 34.4. The molecular weight excluding hydrogens is 1450 g/mol. The fourth-order valence-corrected chi connectivity index (χ4v) is 17.4. The largest absolute Gasteiger partial charge is 0.331 e. The maximum atomic E-state index is 2.48. The van der Waals surface area contributed by atoms with Crippen LogP contribution in [0.2, 0.25) is 0 Å². The first-order valence-electron chi connectivity index (χ1n) is 54.2.